The van der Waals surface area contributed by atoms with Gasteiger partial charge in [0.05, 0.1) is 24.8 Å². The van der Waals surface area contributed by atoms with E-state index in [4.69, 9.17) is 4.74 Å². The van der Waals surface area contributed by atoms with E-state index in [0.29, 0.717) is 0 Å². The molecule has 0 fully saturated rings. The zero-order valence-corrected chi connectivity index (χ0v) is 16.7. The van der Waals surface area contributed by atoms with Gasteiger partial charge in [-0.25, -0.2) is 4.98 Å². The zero-order valence-electron chi connectivity index (χ0n) is 16.7. The Morgan fingerprint density at radius 2 is 1.90 bits per heavy atom. The number of imidazole rings is 1. The number of methoxy groups -OCH3 is 1. The van der Waals surface area contributed by atoms with Crippen LogP contribution < -0.4 is 4.74 Å². The molecule has 0 bridgehead atoms. The standard InChI is InChI=1S/C23H23N5O/c1-16-14-28(15-24-16)20-11-9-18(13-21(20)29-3)10-12-22-25-23(27-26-22)17(2)19-7-5-4-6-8-19/h4-15,17H,1-3H3,(H,25,26,27)/b12-10+/t17-/m0/s1. The van der Waals surface area contributed by atoms with Gasteiger partial charge in [-0.3, -0.25) is 0 Å². The average Bonchev–Trinajstić information content (AvgIpc) is 3.41. The fourth-order valence-corrected chi connectivity index (χ4v) is 3.20. The van der Waals surface area contributed by atoms with Gasteiger partial charge < -0.3 is 14.3 Å². The van der Waals surface area contributed by atoms with Gasteiger partial charge in [0.2, 0.25) is 0 Å². The third-order valence-corrected chi connectivity index (χ3v) is 4.86. The van der Waals surface area contributed by atoms with Gasteiger partial charge in [-0.15, -0.1) is 10.2 Å². The number of nitrogens with one attached hydrogen (secondary N) is 1. The topological polar surface area (TPSA) is 68.6 Å². The first-order chi connectivity index (χ1) is 14.1. The molecule has 2 aromatic heterocycles. The van der Waals surface area contributed by atoms with Crippen LogP contribution in [0.5, 0.6) is 5.75 Å². The molecule has 6 heteroatoms. The molecule has 6 nitrogen and oxygen atoms in total. The van der Waals surface area contributed by atoms with Crippen LogP contribution in [0.25, 0.3) is 17.8 Å². The van der Waals surface area contributed by atoms with E-state index < -0.39 is 0 Å². The number of aromatic nitrogens is 5. The number of benzene rings is 2. The summed E-state index contributed by atoms with van der Waals surface area (Å²) in [6.45, 7) is 4.08. The number of H-pyrrole nitrogens is 1. The summed E-state index contributed by atoms with van der Waals surface area (Å²) >= 11 is 0. The predicted octanol–water partition coefficient (Wildman–Crippen LogP) is 4.63. The molecular formula is C23H23N5O. The summed E-state index contributed by atoms with van der Waals surface area (Å²) in [7, 11) is 1.67. The third kappa shape index (κ3) is 4.11. The highest BCUT2D eigenvalue weighted by Crippen LogP contribution is 2.25. The first-order valence-corrected chi connectivity index (χ1v) is 9.48. The Morgan fingerprint density at radius 3 is 2.62 bits per heavy atom. The van der Waals surface area contributed by atoms with Crippen LogP contribution in [-0.2, 0) is 0 Å². The van der Waals surface area contributed by atoms with Crippen molar-refractivity contribution in [2.45, 2.75) is 19.8 Å². The molecule has 1 atom stereocenters. The molecule has 0 saturated heterocycles. The first kappa shape index (κ1) is 18.7. The summed E-state index contributed by atoms with van der Waals surface area (Å²) in [4.78, 5) is 7.58. The SMILES string of the molecule is COc1cc(/C=C/c2nnc([C@@H](C)c3ccccc3)[nH]2)ccc1-n1cnc(C)c1. The zero-order chi connectivity index (χ0) is 20.2. The van der Waals surface area contributed by atoms with Gasteiger partial charge in [-0.2, -0.15) is 0 Å². The van der Waals surface area contributed by atoms with Crippen molar-refractivity contribution < 1.29 is 4.74 Å². The quantitative estimate of drug-likeness (QED) is 0.525. The number of hydrogen-bond donors (Lipinski definition) is 1. The van der Waals surface area contributed by atoms with Crippen LogP contribution in [0.4, 0.5) is 0 Å². The highest BCUT2D eigenvalue weighted by Gasteiger charge is 2.12. The van der Waals surface area contributed by atoms with E-state index in [1.807, 2.05) is 66.2 Å². The van der Waals surface area contributed by atoms with Crippen molar-refractivity contribution in [2.75, 3.05) is 7.11 Å². The Kier molecular flexibility index (Phi) is 5.24. The molecule has 0 aliphatic carbocycles. The molecule has 0 saturated carbocycles. The van der Waals surface area contributed by atoms with Crippen molar-refractivity contribution in [3.8, 4) is 11.4 Å². The second kappa shape index (κ2) is 8.14. The maximum absolute atomic E-state index is 5.57. The molecule has 0 radical (unpaired) electrons. The minimum Gasteiger partial charge on any atom is -0.495 e. The van der Waals surface area contributed by atoms with E-state index in [1.165, 1.54) is 5.56 Å². The van der Waals surface area contributed by atoms with Gasteiger partial charge in [0.25, 0.3) is 0 Å². The molecule has 4 aromatic rings. The number of aromatic amines is 1. The number of hydrogen-bond acceptors (Lipinski definition) is 4. The van der Waals surface area contributed by atoms with Crippen LogP contribution in [0, 0.1) is 6.92 Å². The minimum atomic E-state index is 0.156. The summed E-state index contributed by atoms with van der Waals surface area (Å²) in [5.41, 5.74) is 4.12. The van der Waals surface area contributed by atoms with Crippen LogP contribution in [0.1, 0.15) is 41.3 Å². The van der Waals surface area contributed by atoms with Gasteiger partial charge in [0.15, 0.2) is 5.82 Å². The maximum Gasteiger partial charge on any atom is 0.154 e. The molecule has 4 rings (SSSR count). The monoisotopic (exact) mass is 385 g/mol. The number of aryl methyl sites for hydroxylation is 1. The van der Waals surface area contributed by atoms with Gasteiger partial charge in [-0.1, -0.05) is 49.4 Å². The van der Waals surface area contributed by atoms with Crippen LogP contribution in [0.2, 0.25) is 0 Å². The highest BCUT2D eigenvalue weighted by molar-refractivity contribution is 5.69. The summed E-state index contributed by atoms with van der Waals surface area (Å²) in [5, 5.41) is 8.56. The van der Waals surface area contributed by atoms with Crippen molar-refractivity contribution in [1.29, 1.82) is 0 Å². The smallest absolute Gasteiger partial charge is 0.154 e. The molecule has 0 amide bonds. The predicted molar refractivity (Wildman–Crippen MR) is 114 cm³/mol. The van der Waals surface area contributed by atoms with Gasteiger partial charge in [0.1, 0.15) is 11.6 Å². The van der Waals surface area contributed by atoms with Crippen LogP contribution in [0.15, 0.2) is 61.1 Å². The number of ether oxygens (including phenoxy) is 1. The summed E-state index contributed by atoms with van der Waals surface area (Å²) in [6.07, 6.45) is 7.66. The van der Waals surface area contributed by atoms with Gasteiger partial charge >= 0.3 is 0 Å². The van der Waals surface area contributed by atoms with Crippen molar-refractivity contribution in [1.82, 2.24) is 24.7 Å². The molecule has 2 heterocycles. The fourth-order valence-electron chi connectivity index (χ4n) is 3.20. The maximum atomic E-state index is 5.57. The van der Waals surface area contributed by atoms with E-state index in [0.717, 1.165) is 34.3 Å². The van der Waals surface area contributed by atoms with Crippen molar-refractivity contribution in [3.05, 3.63) is 89.5 Å². The van der Waals surface area contributed by atoms with Crippen LogP contribution in [-0.4, -0.2) is 31.8 Å². The Labute approximate surface area is 169 Å². The van der Waals surface area contributed by atoms with Crippen LogP contribution >= 0.6 is 0 Å². The number of rotatable bonds is 6. The minimum absolute atomic E-state index is 0.156. The Bertz CT molecular complexity index is 1130. The summed E-state index contributed by atoms with van der Waals surface area (Å²) < 4.78 is 7.52. The van der Waals surface area contributed by atoms with E-state index in [9.17, 15) is 0 Å². The normalized spacial score (nSPS) is 12.4. The second-order valence-electron chi connectivity index (χ2n) is 6.91. The average molecular weight is 385 g/mol. The summed E-state index contributed by atoms with van der Waals surface area (Å²) in [5.74, 6) is 2.50. The van der Waals surface area contributed by atoms with Gasteiger partial charge in [-0.05, 0) is 36.3 Å². The lowest BCUT2D eigenvalue weighted by Crippen LogP contribution is -1.98. The Balaban J connectivity index is 1.53. The Hall–Kier alpha value is -3.67. The largest absolute Gasteiger partial charge is 0.495 e. The lowest BCUT2D eigenvalue weighted by Gasteiger charge is -2.09. The van der Waals surface area contributed by atoms with Crippen molar-refractivity contribution >= 4 is 12.2 Å². The number of nitrogens with zero attached hydrogens (tertiary/aromatic N) is 4. The van der Waals surface area contributed by atoms with E-state index in [2.05, 4.69) is 39.2 Å². The van der Waals surface area contributed by atoms with Crippen LogP contribution in [0.3, 0.4) is 0 Å². The molecule has 0 unspecified atom stereocenters. The van der Waals surface area contributed by atoms with E-state index in [1.54, 1.807) is 13.4 Å². The van der Waals surface area contributed by atoms with E-state index in [-0.39, 0.29) is 5.92 Å². The molecule has 0 aliphatic heterocycles. The molecule has 2 aromatic carbocycles. The highest BCUT2D eigenvalue weighted by atomic mass is 16.5. The van der Waals surface area contributed by atoms with Crippen molar-refractivity contribution in [2.24, 2.45) is 0 Å². The molecule has 0 aliphatic rings. The Morgan fingerprint density at radius 1 is 1.07 bits per heavy atom. The first-order valence-electron chi connectivity index (χ1n) is 9.48. The molecule has 0 spiro atoms. The fraction of sp³-hybridized carbons (Fsp3) is 0.174. The molecular weight excluding hydrogens is 362 g/mol. The lowest BCUT2D eigenvalue weighted by atomic mass is 10.0. The van der Waals surface area contributed by atoms with E-state index >= 15 is 0 Å². The van der Waals surface area contributed by atoms with Crippen molar-refractivity contribution in [3.63, 3.8) is 0 Å². The molecule has 29 heavy (non-hydrogen) atoms. The third-order valence-electron chi connectivity index (χ3n) is 4.86. The second-order valence-corrected chi connectivity index (χ2v) is 6.91. The molecule has 1 N–H and O–H groups in total. The lowest BCUT2D eigenvalue weighted by molar-refractivity contribution is 0.413. The molecule has 146 valence electrons. The van der Waals surface area contributed by atoms with Gasteiger partial charge in [0, 0.05) is 12.1 Å². The summed E-state index contributed by atoms with van der Waals surface area (Å²) in [6, 6.07) is 16.3.